The van der Waals surface area contributed by atoms with E-state index in [4.69, 9.17) is 11.6 Å². The van der Waals surface area contributed by atoms with E-state index in [0.717, 1.165) is 11.4 Å². The van der Waals surface area contributed by atoms with Gasteiger partial charge in [0.25, 0.3) is 5.91 Å². The molecule has 3 aromatic rings. The van der Waals surface area contributed by atoms with Gasteiger partial charge >= 0.3 is 0 Å². The number of amides is 2. The van der Waals surface area contributed by atoms with Gasteiger partial charge in [0.05, 0.1) is 0 Å². The van der Waals surface area contributed by atoms with Crippen molar-refractivity contribution in [3.05, 3.63) is 77.6 Å². The third kappa shape index (κ3) is 5.29. The predicted molar refractivity (Wildman–Crippen MR) is 108 cm³/mol. The molecule has 3 rings (SSSR count). The Morgan fingerprint density at radius 3 is 2.19 bits per heavy atom. The maximum Gasteiger partial charge on any atom is 0.274 e. The second-order valence-corrected chi connectivity index (χ2v) is 6.21. The number of benzene rings is 2. The first-order chi connectivity index (χ1) is 13.0. The lowest BCUT2D eigenvalue weighted by atomic mass is 10.2. The number of carbonyl (C=O) groups excluding carboxylic acids is 2. The summed E-state index contributed by atoms with van der Waals surface area (Å²) in [4.78, 5) is 27.6. The number of carbonyl (C=O) groups is 2. The van der Waals surface area contributed by atoms with Crippen LogP contribution in [0, 0.1) is 0 Å². The zero-order chi connectivity index (χ0) is 19.2. The van der Waals surface area contributed by atoms with Gasteiger partial charge in [0.15, 0.2) is 0 Å². The molecule has 2 amide bonds. The summed E-state index contributed by atoms with van der Waals surface area (Å²) in [5, 5.41) is 9.25. The SMILES string of the molecule is CC(=O)Nc1ccc(NC(=O)c2cc(Nc3cccc(Cl)c3)ccn2)cc1. The highest BCUT2D eigenvalue weighted by Gasteiger charge is 2.09. The Morgan fingerprint density at radius 2 is 1.52 bits per heavy atom. The zero-order valence-corrected chi connectivity index (χ0v) is 15.2. The third-order valence-corrected chi connectivity index (χ3v) is 3.80. The van der Waals surface area contributed by atoms with Crippen LogP contribution < -0.4 is 16.0 Å². The molecule has 0 aliphatic heterocycles. The number of rotatable bonds is 5. The van der Waals surface area contributed by atoms with Crippen LogP contribution in [-0.4, -0.2) is 16.8 Å². The van der Waals surface area contributed by atoms with Crippen LogP contribution >= 0.6 is 11.6 Å². The molecule has 0 radical (unpaired) electrons. The van der Waals surface area contributed by atoms with Gasteiger partial charge in [-0.15, -0.1) is 0 Å². The van der Waals surface area contributed by atoms with Gasteiger partial charge < -0.3 is 16.0 Å². The number of halogens is 1. The van der Waals surface area contributed by atoms with Crippen molar-refractivity contribution >= 4 is 46.2 Å². The van der Waals surface area contributed by atoms with Crippen LogP contribution in [0.3, 0.4) is 0 Å². The Bertz CT molecular complexity index is 974. The van der Waals surface area contributed by atoms with Crippen LogP contribution in [0.2, 0.25) is 5.02 Å². The van der Waals surface area contributed by atoms with Gasteiger partial charge in [-0.3, -0.25) is 14.6 Å². The van der Waals surface area contributed by atoms with Crippen molar-refractivity contribution in [1.29, 1.82) is 0 Å². The molecule has 27 heavy (non-hydrogen) atoms. The molecule has 0 aliphatic rings. The smallest absolute Gasteiger partial charge is 0.274 e. The van der Waals surface area contributed by atoms with Crippen LogP contribution in [0.1, 0.15) is 17.4 Å². The summed E-state index contributed by atoms with van der Waals surface area (Å²) in [5.41, 5.74) is 3.07. The first-order valence-electron chi connectivity index (χ1n) is 8.17. The molecule has 0 fully saturated rings. The normalized spacial score (nSPS) is 10.1. The van der Waals surface area contributed by atoms with Crippen molar-refractivity contribution in [2.75, 3.05) is 16.0 Å². The highest BCUT2D eigenvalue weighted by atomic mass is 35.5. The van der Waals surface area contributed by atoms with E-state index in [1.807, 2.05) is 12.1 Å². The van der Waals surface area contributed by atoms with E-state index in [9.17, 15) is 9.59 Å². The van der Waals surface area contributed by atoms with E-state index in [1.165, 1.54) is 6.92 Å². The van der Waals surface area contributed by atoms with Crippen molar-refractivity contribution in [1.82, 2.24) is 4.98 Å². The van der Waals surface area contributed by atoms with E-state index in [0.29, 0.717) is 16.4 Å². The molecule has 0 bridgehead atoms. The molecule has 136 valence electrons. The molecule has 0 saturated heterocycles. The van der Waals surface area contributed by atoms with Crippen LogP contribution in [0.25, 0.3) is 0 Å². The lowest BCUT2D eigenvalue weighted by molar-refractivity contribution is -0.114. The van der Waals surface area contributed by atoms with Crippen molar-refractivity contribution < 1.29 is 9.59 Å². The van der Waals surface area contributed by atoms with Gasteiger partial charge in [-0.2, -0.15) is 0 Å². The zero-order valence-electron chi connectivity index (χ0n) is 14.5. The van der Waals surface area contributed by atoms with Gasteiger partial charge in [-0.25, -0.2) is 0 Å². The second-order valence-electron chi connectivity index (χ2n) is 5.78. The van der Waals surface area contributed by atoms with Crippen LogP contribution in [0.4, 0.5) is 22.7 Å². The molecule has 0 saturated carbocycles. The summed E-state index contributed by atoms with van der Waals surface area (Å²) in [6, 6.07) is 17.5. The molecule has 1 aromatic heterocycles. The first-order valence-corrected chi connectivity index (χ1v) is 8.55. The average molecular weight is 381 g/mol. The lowest BCUT2D eigenvalue weighted by Crippen LogP contribution is -2.14. The maximum absolute atomic E-state index is 12.4. The largest absolute Gasteiger partial charge is 0.355 e. The summed E-state index contributed by atoms with van der Waals surface area (Å²) >= 11 is 5.98. The van der Waals surface area contributed by atoms with E-state index < -0.39 is 0 Å². The van der Waals surface area contributed by atoms with Gasteiger partial charge in [0, 0.05) is 40.9 Å². The molecule has 0 spiro atoms. The molecule has 0 aliphatic carbocycles. The van der Waals surface area contributed by atoms with Crippen molar-refractivity contribution in [2.24, 2.45) is 0 Å². The summed E-state index contributed by atoms with van der Waals surface area (Å²) in [7, 11) is 0. The molecule has 3 N–H and O–H groups in total. The van der Waals surface area contributed by atoms with Crippen LogP contribution in [-0.2, 0) is 4.79 Å². The molecular formula is C20H17ClN4O2. The summed E-state index contributed by atoms with van der Waals surface area (Å²) in [6.07, 6.45) is 1.56. The second kappa shape index (κ2) is 8.33. The minimum atomic E-state index is -0.336. The number of hydrogen-bond donors (Lipinski definition) is 3. The fourth-order valence-corrected chi connectivity index (χ4v) is 2.59. The number of nitrogens with one attached hydrogen (secondary N) is 3. The molecular weight excluding hydrogens is 364 g/mol. The Hall–Kier alpha value is -3.38. The topological polar surface area (TPSA) is 83.1 Å². The van der Waals surface area contributed by atoms with Gasteiger partial charge in [0.1, 0.15) is 5.69 Å². The molecule has 1 heterocycles. The molecule has 7 heteroatoms. The van der Waals surface area contributed by atoms with Gasteiger partial charge in [0.2, 0.25) is 5.91 Å². The summed E-state index contributed by atoms with van der Waals surface area (Å²) < 4.78 is 0. The lowest BCUT2D eigenvalue weighted by Gasteiger charge is -2.09. The average Bonchev–Trinajstić information content (AvgIpc) is 2.63. The van der Waals surface area contributed by atoms with Crippen LogP contribution in [0.15, 0.2) is 66.9 Å². The van der Waals surface area contributed by atoms with E-state index in [1.54, 1.807) is 54.7 Å². The molecule has 0 atom stereocenters. The predicted octanol–water partition coefficient (Wildman–Crippen LogP) is 4.69. The highest BCUT2D eigenvalue weighted by Crippen LogP contribution is 2.21. The van der Waals surface area contributed by atoms with E-state index >= 15 is 0 Å². The number of aromatic nitrogens is 1. The minimum absolute atomic E-state index is 0.153. The monoisotopic (exact) mass is 380 g/mol. The Balaban J connectivity index is 1.69. The summed E-state index contributed by atoms with van der Waals surface area (Å²) in [5.74, 6) is -0.489. The maximum atomic E-state index is 12.4. The molecule has 2 aromatic carbocycles. The van der Waals surface area contributed by atoms with Gasteiger partial charge in [-0.05, 0) is 54.6 Å². The van der Waals surface area contributed by atoms with Gasteiger partial charge in [-0.1, -0.05) is 17.7 Å². The van der Waals surface area contributed by atoms with Crippen LogP contribution in [0.5, 0.6) is 0 Å². The summed E-state index contributed by atoms with van der Waals surface area (Å²) in [6.45, 7) is 1.44. The Morgan fingerprint density at radius 1 is 0.852 bits per heavy atom. The van der Waals surface area contributed by atoms with E-state index in [-0.39, 0.29) is 17.5 Å². The first kappa shape index (κ1) is 18.4. The molecule has 0 unspecified atom stereocenters. The number of nitrogens with zero attached hydrogens (tertiary/aromatic N) is 1. The number of anilines is 4. The van der Waals surface area contributed by atoms with E-state index in [2.05, 4.69) is 20.9 Å². The molecule has 6 nitrogen and oxygen atoms in total. The minimum Gasteiger partial charge on any atom is -0.355 e. The Kier molecular flexibility index (Phi) is 5.68. The van der Waals surface area contributed by atoms with Crippen molar-refractivity contribution in [3.8, 4) is 0 Å². The van der Waals surface area contributed by atoms with Crippen molar-refractivity contribution in [2.45, 2.75) is 6.92 Å². The number of hydrogen-bond acceptors (Lipinski definition) is 4. The fourth-order valence-electron chi connectivity index (χ4n) is 2.40. The standard InChI is InChI=1S/C20H17ClN4O2/c1-13(26)23-15-5-7-16(8-6-15)25-20(27)19-12-18(9-10-22-19)24-17-4-2-3-14(21)11-17/h2-12H,1H3,(H,22,24)(H,23,26)(H,25,27). The Labute approximate surface area is 161 Å². The third-order valence-electron chi connectivity index (χ3n) is 3.57. The highest BCUT2D eigenvalue weighted by molar-refractivity contribution is 6.30. The fraction of sp³-hybridized carbons (Fsp3) is 0.0500. The number of pyridine rings is 1. The quantitative estimate of drug-likeness (QED) is 0.599. The van der Waals surface area contributed by atoms with Crippen molar-refractivity contribution in [3.63, 3.8) is 0 Å².